The number of aryl methyl sites for hydroxylation is 2. The lowest BCUT2D eigenvalue weighted by molar-refractivity contribution is -0.132. The molecule has 178 valence electrons. The van der Waals surface area contributed by atoms with Crippen LogP contribution in [0.4, 0.5) is 13.9 Å². The normalized spacial score (nSPS) is 17.5. The highest BCUT2D eigenvalue weighted by molar-refractivity contribution is 7.22. The number of carbonyl (C=O) groups is 2. The van der Waals surface area contributed by atoms with Gasteiger partial charge in [0, 0.05) is 16.5 Å². The van der Waals surface area contributed by atoms with E-state index in [9.17, 15) is 23.5 Å². The van der Waals surface area contributed by atoms with E-state index in [1.807, 2.05) is 0 Å². The SMILES string of the molecule is COc1cc(C)c(/C(O)=C2\C(=O)C(=O)N(c3nc4c(F)cc(F)cc4s3)C2c2cccs2)cc1C. The summed E-state index contributed by atoms with van der Waals surface area (Å²) in [5, 5.41) is 13.2. The van der Waals surface area contributed by atoms with Gasteiger partial charge >= 0.3 is 5.91 Å². The fraction of sp³-hybridized carbons (Fsp3) is 0.160. The van der Waals surface area contributed by atoms with Crippen LogP contribution < -0.4 is 9.64 Å². The van der Waals surface area contributed by atoms with Crippen molar-refractivity contribution in [3.05, 3.63) is 80.6 Å². The van der Waals surface area contributed by atoms with E-state index in [2.05, 4.69) is 4.98 Å². The Morgan fingerprint density at radius 1 is 1.14 bits per heavy atom. The number of amides is 1. The van der Waals surface area contributed by atoms with Crippen molar-refractivity contribution in [3.63, 3.8) is 0 Å². The van der Waals surface area contributed by atoms with Gasteiger partial charge in [0.05, 0.1) is 17.4 Å². The van der Waals surface area contributed by atoms with Crippen molar-refractivity contribution < 1.29 is 28.2 Å². The molecule has 35 heavy (non-hydrogen) atoms. The quantitative estimate of drug-likeness (QED) is 0.210. The minimum atomic E-state index is -0.981. The largest absolute Gasteiger partial charge is 0.507 e. The van der Waals surface area contributed by atoms with Crippen molar-refractivity contribution in [2.45, 2.75) is 19.9 Å². The summed E-state index contributed by atoms with van der Waals surface area (Å²) in [4.78, 5) is 32.5. The first-order valence-corrected chi connectivity index (χ1v) is 12.2. The van der Waals surface area contributed by atoms with Crippen LogP contribution in [-0.2, 0) is 9.59 Å². The Morgan fingerprint density at radius 2 is 1.91 bits per heavy atom. The standard InChI is InChI=1S/C25H18F2N2O4S2/c1-11-8-16(33-3)12(2)7-14(11)22(30)19-21(17-5-4-6-34-17)29(24(32)23(19)31)25-28-20-15(27)9-13(26)10-18(20)35-25/h4-10,21,30H,1-3H3/b22-19+. The molecule has 0 bridgehead atoms. The molecule has 0 radical (unpaired) electrons. The second-order valence-electron chi connectivity index (χ2n) is 8.05. The van der Waals surface area contributed by atoms with E-state index >= 15 is 0 Å². The maximum atomic E-state index is 14.3. The average Bonchev–Trinajstić information content (AvgIpc) is 3.54. The zero-order valence-corrected chi connectivity index (χ0v) is 20.4. The lowest BCUT2D eigenvalue weighted by Crippen LogP contribution is -2.28. The summed E-state index contributed by atoms with van der Waals surface area (Å²) in [5.74, 6) is -3.14. The summed E-state index contributed by atoms with van der Waals surface area (Å²) >= 11 is 2.19. The molecule has 1 saturated heterocycles. The Bertz CT molecular complexity index is 1540. The molecule has 1 aliphatic rings. The molecule has 5 rings (SSSR count). The number of Topliss-reactive ketones (excluding diaryl/α,β-unsaturated/α-hetero) is 1. The number of methoxy groups -OCH3 is 1. The number of fused-ring (bicyclic) bond motifs is 1. The fourth-order valence-corrected chi connectivity index (χ4v) is 6.06. The molecular weight excluding hydrogens is 494 g/mol. The molecule has 0 spiro atoms. The maximum Gasteiger partial charge on any atom is 0.301 e. The van der Waals surface area contributed by atoms with Gasteiger partial charge in [-0.15, -0.1) is 11.3 Å². The van der Waals surface area contributed by atoms with Crippen LogP contribution in [0.2, 0.25) is 0 Å². The van der Waals surface area contributed by atoms with E-state index in [-0.39, 0.29) is 26.7 Å². The van der Waals surface area contributed by atoms with E-state index in [1.54, 1.807) is 43.5 Å². The van der Waals surface area contributed by atoms with Gasteiger partial charge in [-0.1, -0.05) is 17.4 Å². The molecule has 0 saturated carbocycles. The number of thiazole rings is 1. The number of benzene rings is 2. The number of nitrogens with zero attached hydrogens (tertiary/aromatic N) is 2. The second kappa shape index (κ2) is 8.54. The van der Waals surface area contributed by atoms with Gasteiger partial charge in [-0.2, -0.15) is 0 Å². The zero-order chi connectivity index (χ0) is 25.0. The smallest absolute Gasteiger partial charge is 0.301 e. The van der Waals surface area contributed by atoms with Crippen LogP contribution in [0.1, 0.15) is 27.6 Å². The van der Waals surface area contributed by atoms with Gasteiger partial charge in [-0.25, -0.2) is 13.8 Å². The Labute approximate surface area is 206 Å². The Morgan fingerprint density at radius 3 is 2.60 bits per heavy atom. The third kappa shape index (κ3) is 3.69. The van der Waals surface area contributed by atoms with Crippen LogP contribution in [-0.4, -0.2) is 28.9 Å². The summed E-state index contributed by atoms with van der Waals surface area (Å²) in [6.45, 7) is 3.57. The fourth-order valence-electron chi connectivity index (χ4n) is 4.20. The Kier molecular flexibility index (Phi) is 5.65. The van der Waals surface area contributed by atoms with Crippen LogP contribution in [0.5, 0.6) is 5.75 Å². The summed E-state index contributed by atoms with van der Waals surface area (Å²) in [5.41, 5.74) is 1.58. The lowest BCUT2D eigenvalue weighted by atomic mass is 9.96. The Hall–Kier alpha value is -3.63. The molecule has 0 aliphatic carbocycles. The number of anilines is 1. The number of rotatable bonds is 4. The molecule has 2 aromatic heterocycles. The van der Waals surface area contributed by atoms with E-state index in [1.165, 1.54) is 18.4 Å². The first-order chi connectivity index (χ1) is 16.7. The van der Waals surface area contributed by atoms with Crippen molar-refractivity contribution in [3.8, 4) is 5.75 Å². The van der Waals surface area contributed by atoms with Crippen molar-refractivity contribution in [2.24, 2.45) is 0 Å². The van der Waals surface area contributed by atoms with Gasteiger partial charge in [0.25, 0.3) is 5.78 Å². The van der Waals surface area contributed by atoms with Gasteiger partial charge < -0.3 is 9.84 Å². The van der Waals surface area contributed by atoms with Crippen molar-refractivity contribution in [2.75, 3.05) is 12.0 Å². The van der Waals surface area contributed by atoms with E-state index in [4.69, 9.17) is 4.74 Å². The number of hydrogen-bond acceptors (Lipinski definition) is 7. The van der Waals surface area contributed by atoms with Gasteiger partial charge in [-0.3, -0.25) is 14.5 Å². The minimum absolute atomic E-state index is 0.0340. The predicted octanol–water partition coefficient (Wildman–Crippen LogP) is 5.89. The highest BCUT2D eigenvalue weighted by Gasteiger charge is 2.48. The van der Waals surface area contributed by atoms with Crippen molar-refractivity contribution in [1.29, 1.82) is 0 Å². The van der Waals surface area contributed by atoms with Gasteiger partial charge in [0.15, 0.2) is 10.9 Å². The van der Waals surface area contributed by atoms with Gasteiger partial charge in [0.1, 0.15) is 28.9 Å². The molecule has 6 nitrogen and oxygen atoms in total. The number of aliphatic hydroxyl groups excluding tert-OH is 1. The number of hydrogen-bond donors (Lipinski definition) is 1. The number of carbonyl (C=O) groups excluding carboxylic acids is 2. The number of thiophene rings is 1. The van der Waals surface area contributed by atoms with Crippen LogP contribution >= 0.6 is 22.7 Å². The average molecular weight is 513 g/mol. The summed E-state index contributed by atoms with van der Waals surface area (Å²) in [7, 11) is 1.54. The molecule has 10 heteroatoms. The van der Waals surface area contributed by atoms with Crippen LogP contribution in [0.25, 0.3) is 16.0 Å². The monoisotopic (exact) mass is 512 g/mol. The summed E-state index contributed by atoms with van der Waals surface area (Å²) < 4.78 is 33.6. The number of aromatic nitrogens is 1. The van der Waals surface area contributed by atoms with Crippen molar-refractivity contribution in [1.82, 2.24) is 4.98 Å². The van der Waals surface area contributed by atoms with E-state index < -0.39 is 29.4 Å². The second-order valence-corrected chi connectivity index (χ2v) is 10.0. The maximum absolute atomic E-state index is 14.3. The van der Waals surface area contributed by atoms with Gasteiger partial charge in [0.2, 0.25) is 0 Å². The van der Waals surface area contributed by atoms with E-state index in [0.717, 1.165) is 27.9 Å². The molecule has 3 heterocycles. The Balaban J connectivity index is 1.73. The molecule has 4 aromatic rings. The lowest BCUT2D eigenvalue weighted by Gasteiger charge is -2.21. The molecule has 1 amide bonds. The molecule has 1 unspecified atom stereocenters. The summed E-state index contributed by atoms with van der Waals surface area (Å²) in [6.07, 6.45) is 0. The predicted molar refractivity (Wildman–Crippen MR) is 131 cm³/mol. The first kappa shape index (κ1) is 23.1. The van der Waals surface area contributed by atoms with Crippen LogP contribution in [0.3, 0.4) is 0 Å². The number of halogens is 2. The molecule has 2 aromatic carbocycles. The third-order valence-corrected chi connectivity index (χ3v) is 7.79. The number of ether oxygens (including phenoxy) is 1. The highest BCUT2D eigenvalue weighted by Crippen LogP contribution is 2.46. The highest BCUT2D eigenvalue weighted by atomic mass is 32.1. The number of aliphatic hydroxyl groups is 1. The molecule has 1 N–H and O–H groups in total. The minimum Gasteiger partial charge on any atom is -0.507 e. The van der Waals surface area contributed by atoms with Crippen LogP contribution in [0.15, 0.2) is 47.4 Å². The van der Waals surface area contributed by atoms with Crippen molar-refractivity contribution >= 4 is 55.5 Å². The topological polar surface area (TPSA) is 79.7 Å². The third-order valence-electron chi connectivity index (χ3n) is 5.86. The summed E-state index contributed by atoms with van der Waals surface area (Å²) in [6, 6.07) is 7.79. The number of ketones is 1. The van der Waals surface area contributed by atoms with Gasteiger partial charge in [-0.05, 0) is 54.6 Å². The van der Waals surface area contributed by atoms with E-state index in [0.29, 0.717) is 27.8 Å². The molecular formula is C25H18F2N2O4S2. The molecule has 1 aliphatic heterocycles. The first-order valence-electron chi connectivity index (χ1n) is 10.5. The molecule has 1 atom stereocenters. The van der Waals surface area contributed by atoms with Crippen LogP contribution in [0, 0.1) is 25.5 Å². The molecule has 1 fully saturated rings. The zero-order valence-electron chi connectivity index (χ0n) is 18.8.